The van der Waals surface area contributed by atoms with Gasteiger partial charge in [-0.05, 0) is 30.3 Å². The molecule has 1 amide bonds. The average molecular weight is 372 g/mol. The molecule has 3 heterocycles. The molecule has 4 aromatic rings. The van der Waals surface area contributed by atoms with Crippen LogP contribution in [0.4, 0.5) is 0 Å². The van der Waals surface area contributed by atoms with E-state index in [1.807, 2.05) is 36.4 Å². The number of cyclic esters (lactones) is 1. The van der Waals surface area contributed by atoms with Crippen molar-refractivity contribution in [3.63, 3.8) is 0 Å². The van der Waals surface area contributed by atoms with Crippen molar-refractivity contribution in [2.75, 3.05) is 6.61 Å². The quantitative estimate of drug-likeness (QED) is 0.539. The van der Waals surface area contributed by atoms with Crippen LogP contribution in [-0.4, -0.2) is 39.7 Å². The van der Waals surface area contributed by atoms with Gasteiger partial charge in [-0.1, -0.05) is 24.3 Å². The highest BCUT2D eigenvalue weighted by molar-refractivity contribution is 6.02. The first kappa shape index (κ1) is 16.4. The number of carbonyl (C=O) groups excluding carboxylic acids is 2. The fraction of sp³-hybridized carbons (Fsp3) is 0.143. The molecule has 0 aliphatic carbocycles. The van der Waals surface area contributed by atoms with E-state index in [1.54, 1.807) is 18.2 Å². The second-order valence-corrected chi connectivity index (χ2v) is 6.70. The summed E-state index contributed by atoms with van der Waals surface area (Å²) in [6.07, 6.45) is 0.491. The second-order valence-electron chi connectivity index (χ2n) is 6.70. The van der Waals surface area contributed by atoms with Gasteiger partial charge in [-0.2, -0.15) is 5.10 Å². The number of ether oxygens (including phenoxy) is 1. The van der Waals surface area contributed by atoms with Crippen LogP contribution >= 0.6 is 0 Å². The number of rotatable bonds is 3. The van der Waals surface area contributed by atoms with Gasteiger partial charge in [0.1, 0.15) is 11.7 Å². The van der Waals surface area contributed by atoms with Crippen molar-refractivity contribution >= 4 is 33.7 Å². The van der Waals surface area contributed by atoms with E-state index in [1.165, 1.54) is 0 Å². The number of hydrogen-bond donors (Lipinski definition) is 2. The van der Waals surface area contributed by atoms with E-state index < -0.39 is 12.0 Å². The zero-order valence-electron chi connectivity index (χ0n) is 14.8. The zero-order valence-corrected chi connectivity index (χ0v) is 14.8. The fourth-order valence-corrected chi connectivity index (χ4v) is 3.42. The predicted octanol–water partition coefficient (Wildman–Crippen LogP) is 2.82. The normalized spacial score (nSPS) is 16.4. The maximum absolute atomic E-state index is 12.6. The number of H-pyrrole nitrogens is 1. The van der Waals surface area contributed by atoms with Crippen molar-refractivity contribution in [1.29, 1.82) is 0 Å². The van der Waals surface area contributed by atoms with E-state index in [9.17, 15) is 9.59 Å². The van der Waals surface area contributed by atoms with E-state index in [0.29, 0.717) is 24.3 Å². The number of nitrogens with zero attached hydrogens (tertiary/aromatic N) is 2. The number of carbonyl (C=O) groups is 2. The highest BCUT2D eigenvalue weighted by Crippen LogP contribution is 2.27. The first-order valence-electron chi connectivity index (χ1n) is 9.01. The molecule has 5 rings (SSSR count). The standard InChI is InChI=1S/C21H16N4O3/c26-20(23-18-9-10-28-21(18)27)13-6-7-16-14(11-13)19(25-24-16)17-8-5-12-3-1-2-4-15(12)22-17/h1-8,11,18H,9-10H2,(H,23,26)(H,24,25)/t18-/m0/s1. The summed E-state index contributed by atoms with van der Waals surface area (Å²) in [7, 11) is 0. The lowest BCUT2D eigenvalue weighted by Gasteiger charge is -2.09. The van der Waals surface area contributed by atoms with Crippen LogP contribution in [0.3, 0.4) is 0 Å². The molecule has 2 aromatic heterocycles. The fourth-order valence-electron chi connectivity index (χ4n) is 3.42. The van der Waals surface area contributed by atoms with Gasteiger partial charge in [0.05, 0.1) is 23.3 Å². The third-order valence-corrected chi connectivity index (χ3v) is 4.91. The van der Waals surface area contributed by atoms with Crippen LogP contribution in [-0.2, 0) is 9.53 Å². The average Bonchev–Trinajstić information content (AvgIpc) is 3.33. The Morgan fingerprint density at radius 3 is 2.89 bits per heavy atom. The highest BCUT2D eigenvalue weighted by atomic mass is 16.5. The molecule has 0 saturated carbocycles. The molecule has 7 heteroatoms. The first-order chi connectivity index (χ1) is 13.7. The van der Waals surface area contributed by atoms with Crippen molar-refractivity contribution in [2.45, 2.75) is 12.5 Å². The van der Waals surface area contributed by atoms with Gasteiger partial charge in [-0.25, -0.2) is 9.78 Å². The van der Waals surface area contributed by atoms with E-state index in [4.69, 9.17) is 9.72 Å². The number of amides is 1. The van der Waals surface area contributed by atoms with Gasteiger partial charge >= 0.3 is 5.97 Å². The highest BCUT2D eigenvalue weighted by Gasteiger charge is 2.28. The van der Waals surface area contributed by atoms with Gasteiger partial charge in [0, 0.05) is 22.8 Å². The van der Waals surface area contributed by atoms with Crippen LogP contribution < -0.4 is 5.32 Å². The largest absolute Gasteiger partial charge is 0.464 e. The summed E-state index contributed by atoms with van der Waals surface area (Å²) >= 11 is 0. The molecule has 2 N–H and O–H groups in total. The van der Waals surface area contributed by atoms with Gasteiger partial charge in [-0.15, -0.1) is 0 Å². The summed E-state index contributed by atoms with van der Waals surface area (Å²) in [6, 6.07) is 16.5. The first-order valence-corrected chi connectivity index (χ1v) is 9.01. The Morgan fingerprint density at radius 2 is 2.04 bits per heavy atom. The predicted molar refractivity (Wildman–Crippen MR) is 104 cm³/mol. The Balaban J connectivity index is 1.52. The van der Waals surface area contributed by atoms with E-state index in [2.05, 4.69) is 15.5 Å². The maximum atomic E-state index is 12.6. The van der Waals surface area contributed by atoms with Crippen molar-refractivity contribution in [3.05, 3.63) is 60.2 Å². The lowest BCUT2D eigenvalue weighted by molar-refractivity contribution is -0.139. The molecule has 1 fully saturated rings. The number of nitrogens with one attached hydrogen (secondary N) is 2. The van der Waals surface area contributed by atoms with Gasteiger partial charge in [0.2, 0.25) is 0 Å². The van der Waals surface area contributed by atoms with E-state index in [0.717, 1.165) is 27.5 Å². The minimum atomic E-state index is -0.589. The van der Waals surface area contributed by atoms with E-state index in [-0.39, 0.29) is 5.91 Å². The summed E-state index contributed by atoms with van der Waals surface area (Å²) in [4.78, 5) is 28.9. The molecule has 2 aromatic carbocycles. The van der Waals surface area contributed by atoms with Crippen LogP contribution in [0.2, 0.25) is 0 Å². The third-order valence-electron chi connectivity index (χ3n) is 4.91. The Hall–Kier alpha value is -3.74. The van der Waals surface area contributed by atoms with Crippen LogP contribution in [0.25, 0.3) is 33.2 Å². The topological polar surface area (TPSA) is 97.0 Å². The minimum absolute atomic E-state index is 0.315. The lowest BCUT2D eigenvalue weighted by atomic mass is 10.1. The second kappa shape index (κ2) is 6.45. The van der Waals surface area contributed by atoms with Crippen molar-refractivity contribution in [3.8, 4) is 11.4 Å². The molecule has 0 radical (unpaired) electrons. The summed E-state index contributed by atoms with van der Waals surface area (Å²) in [6.45, 7) is 0.336. The van der Waals surface area contributed by atoms with Crippen LogP contribution in [0, 0.1) is 0 Å². The van der Waals surface area contributed by atoms with Gasteiger partial charge in [0.15, 0.2) is 0 Å². The smallest absolute Gasteiger partial charge is 0.328 e. The maximum Gasteiger partial charge on any atom is 0.328 e. The third kappa shape index (κ3) is 2.77. The Morgan fingerprint density at radius 1 is 1.14 bits per heavy atom. The van der Waals surface area contributed by atoms with Gasteiger partial charge in [-0.3, -0.25) is 9.89 Å². The van der Waals surface area contributed by atoms with Crippen molar-refractivity contribution in [1.82, 2.24) is 20.5 Å². The van der Waals surface area contributed by atoms with E-state index >= 15 is 0 Å². The van der Waals surface area contributed by atoms with Crippen LogP contribution in [0.15, 0.2) is 54.6 Å². The number of aromatic nitrogens is 3. The Kier molecular flexibility index (Phi) is 3.79. The van der Waals surface area contributed by atoms with Crippen molar-refractivity contribution in [2.24, 2.45) is 0 Å². The number of benzene rings is 2. The lowest BCUT2D eigenvalue weighted by Crippen LogP contribution is -2.37. The number of esters is 1. The molecule has 0 spiro atoms. The zero-order chi connectivity index (χ0) is 19.1. The van der Waals surface area contributed by atoms with Gasteiger partial charge in [0.25, 0.3) is 5.91 Å². The molecule has 138 valence electrons. The Labute approximate surface area is 159 Å². The minimum Gasteiger partial charge on any atom is -0.464 e. The summed E-state index contributed by atoms with van der Waals surface area (Å²) < 4.78 is 4.90. The van der Waals surface area contributed by atoms with Crippen molar-refractivity contribution < 1.29 is 14.3 Å². The number of fused-ring (bicyclic) bond motifs is 2. The molecule has 0 bridgehead atoms. The summed E-state index contributed by atoms with van der Waals surface area (Å²) in [5.41, 5.74) is 3.54. The molecular formula is C21H16N4O3. The summed E-state index contributed by atoms with van der Waals surface area (Å²) in [5.74, 6) is -0.705. The monoisotopic (exact) mass is 372 g/mol. The SMILES string of the molecule is O=C(N[C@H]1CCOC1=O)c1ccc2[nH]nc(-c3ccc4ccccc4n3)c2c1. The Bertz CT molecular complexity index is 1230. The van der Waals surface area contributed by atoms with Crippen LogP contribution in [0.1, 0.15) is 16.8 Å². The number of pyridine rings is 1. The molecule has 1 saturated heterocycles. The number of para-hydroxylation sites is 1. The van der Waals surface area contributed by atoms with Crippen LogP contribution in [0.5, 0.6) is 0 Å². The molecule has 1 aliphatic heterocycles. The molecule has 7 nitrogen and oxygen atoms in total. The van der Waals surface area contributed by atoms with Gasteiger partial charge < -0.3 is 10.1 Å². The number of aromatic amines is 1. The number of hydrogen-bond acceptors (Lipinski definition) is 5. The molecular weight excluding hydrogens is 356 g/mol. The molecule has 0 unspecified atom stereocenters. The molecule has 1 aliphatic rings. The molecule has 28 heavy (non-hydrogen) atoms. The molecule has 1 atom stereocenters. The summed E-state index contributed by atoms with van der Waals surface area (Å²) in [5, 5.41) is 12.0.